The fraction of sp³-hybridized carbons (Fsp3) is 0.368. The van der Waals surface area contributed by atoms with E-state index in [1.54, 1.807) is 25.6 Å². The minimum absolute atomic E-state index is 0.0515. The summed E-state index contributed by atoms with van der Waals surface area (Å²) in [6.07, 6.45) is 4.31. The number of nitrogens with one attached hydrogen (secondary N) is 1. The summed E-state index contributed by atoms with van der Waals surface area (Å²) in [7, 11) is 1.57. The van der Waals surface area contributed by atoms with Gasteiger partial charge < -0.3 is 14.6 Å². The van der Waals surface area contributed by atoms with Gasteiger partial charge in [-0.15, -0.1) is 0 Å². The lowest BCUT2D eigenvalue weighted by atomic mass is 10.1. The second kappa shape index (κ2) is 8.30. The molecule has 142 valence electrons. The van der Waals surface area contributed by atoms with Gasteiger partial charge >= 0.3 is 4.87 Å². The first-order valence-corrected chi connectivity index (χ1v) is 9.60. The van der Waals surface area contributed by atoms with Crippen LogP contribution in [0.15, 0.2) is 35.4 Å². The van der Waals surface area contributed by atoms with Gasteiger partial charge in [0.05, 0.1) is 29.6 Å². The Morgan fingerprint density at radius 1 is 1.26 bits per heavy atom. The number of ether oxygens (including phenoxy) is 1. The lowest BCUT2D eigenvalue weighted by Gasteiger charge is -2.08. The van der Waals surface area contributed by atoms with Gasteiger partial charge in [0.25, 0.3) is 0 Å². The molecule has 8 heteroatoms. The molecule has 3 aromatic heterocycles. The quantitative estimate of drug-likeness (QED) is 0.665. The van der Waals surface area contributed by atoms with Crippen molar-refractivity contribution in [2.45, 2.75) is 33.7 Å². The van der Waals surface area contributed by atoms with E-state index < -0.39 is 0 Å². The summed E-state index contributed by atoms with van der Waals surface area (Å²) in [4.78, 5) is 26.3. The highest BCUT2D eigenvalue weighted by Crippen LogP contribution is 2.26. The van der Waals surface area contributed by atoms with Crippen molar-refractivity contribution in [2.24, 2.45) is 5.92 Å². The fourth-order valence-corrected chi connectivity index (χ4v) is 3.60. The second-order valence-corrected chi connectivity index (χ2v) is 7.56. The maximum absolute atomic E-state index is 12.4. The van der Waals surface area contributed by atoms with Crippen LogP contribution in [0.25, 0.3) is 10.6 Å². The third-order valence-electron chi connectivity index (χ3n) is 4.16. The molecule has 3 heterocycles. The molecule has 7 nitrogen and oxygen atoms in total. The second-order valence-electron chi connectivity index (χ2n) is 6.60. The topological polar surface area (TPSA) is 81.9 Å². The van der Waals surface area contributed by atoms with Crippen LogP contribution in [0, 0.1) is 12.8 Å². The average Bonchev–Trinajstić information content (AvgIpc) is 2.95. The number of aromatic nitrogens is 4. The molecule has 0 amide bonds. The number of pyridine rings is 1. The van der Waals surface area contributed by atoms with Crippen LogP contribution in [0.2, 0.25) is 0 Å². The predicted octanol–water partition coefficient (Wildman–Crippen LogP) is 3.87. The van der Waals surface area contributed by atoms with Crippen LogP contribution in [0.4, 0.5) is 11.6 Å². The summed E-state index contributed by atoms with van der Waals surface area (Å²) < 4.78 is 6.89. The largest absolute Gasteiger partial charge is 0.481 e. The number of nitrogens with zero attached hydrogens (tertiary/aromatic N) is 4. The van der Waals surface area contributed by atoms with Crippen LogP contribution in [0.1, 0.15) is 26.0 Å². The molecule has 0 aliphatic rings. The summed E-state index contributed by atoms with van der Waals surface area (Å²) >= 11 is 1.23. The Labute approximate surface area is 162 Å². The first-order chi connectivity index (χ1) is 13.0. The smallest absolute Gasteiger partial charge is 0.307 e. The van der Waals surface area contributed by atoms with Crippen LogP contribution >= 0.6 is 11.3 Å². The third-order valence-corrected chi connectivity index (χ3v) is 5.27. The molecule has 0 bridgehead atoms. The molecule has 27 heavy (non-hydrogen) atoms. The summed E-state index contributed by atoms with van der Waals surface area (Å²) in [6.45, 7) is 7.01. The molecule has 0 saturated carbocycles. The van der Waals surface area contributed by atoms with E-state index in [4.69, 9.17) is 4.74 Å². The average molecular weight is 385 g/mol. The number of anilines is 2. The molecule has 3 aromatic rings. The highest BCUT2D eigenvalue weighted by molar-refractivity contribution is 7.13. The Balaban J connectivity index is 1.85. The molecular weight excluding hydrogens is 362 g/mol. The first-order valence-electron chi connectivity index (χ1n) is 8.78. The van der Waals surface area contributed by atoms with Crippen molar-refractivity contribution in [1.29, 1.82) is 0 Å². The van der Waals surface area contributed by atoms with E-state index in [2.05, 4.69) is 34.1 Å². The molecule has 0 aliphatic carbocycles. The van der Waals surface area contributed by atoms with Gasteiger partial charge in [-0.1, -0.05) is 25.2 Å². The Kier molecular flexibility index (Phi) is 5.85. The van der Waals surface area contributed by atoms with Gasteiger partial charge in [-0.3, -0.25) is 4.79 Å². The number of hydrogen-bond donors (Lipinski definition) is 1. The van der Waals surface area contributed by atoms with Gasteiger partial charge in [0.2, 0.25) is 11.8 Å². The minimum atomic E-state index is 0.0515. The zero-order valence-electron chi connectivity index (χ0n) is 15.9. The van der Waals surface area contributed by atoms with E-state index in [1.807, 2.05) is 23.6 Å². The Hall–Kier alpha value is -2.74. The van der Waals surface area contributed by atoms with Gasteiger partial charge in [-0.25, -0.2) is 15.0 Å². The van der Waals surface area contributed by atoms with Crippen molar-refractivity contribution in [1.82, 2.24) is 19.5 Å². The molecule has 0 aliphatic heterocycles. The normalized spacial score (nSPS) is 11.0. The van der Waals surface area contributed by atoms with Gasteiger partial charge in [0.1, 0.15) is 0 Å². The maximum atomic E-state index is 12.4. The summed E-state index contributed by atoms with van der Waals surface area (Å²) in [5, 5.41) is 3.13. The molecule has 0 atom stereocenters. The number of rotatable bonds is 7. The van der Waals surface area contributed by atoms with Crippen molar-refractivity contribution in [3.8, 4) is 16.5 Å². The summed E-state index contributed by atoms with van der Waals surface area (Å²) in [5.74, 6) is 1.54. The molecule has 0 unspecified atom stereocenters. The molecular formula is C19H23N5O2S. The van der Waals surface area contributed by atoms with Crippen LogP contribution in [-0.4, -0.2) is 26.6 Å². The molecule has 0 radical (unpaired) electrons. The van der Waals surface area contributed by atoms with E-state index in [0.717, 1.165) is 34.9 Å². The lowest BCUT2D eigenvalue weighted by Crippen LogP contribution is -2.15. The molecule has 3 rings (SSSR count). The standard InChI is InChI=1S/C19H23N5O2S/c1-12(2)8-10-24-13(3)17(27-19(24)25)15-7-9-20-18(23-15)22-14-5-6-16(26-4)21-11-14/h5-7,9,11-12H,8,10H2,1-4H3,(H,20,22,23). The van der Waals surface area contributed by atoms with E-state index in [-0.39, 0.29) is 4.87 Å². The van der Waals surface area contributed by atoms with Crippen molar-refractivity contribution in [2.75, 3.05) is 12.4 Å². The monoisotopic (exact) mass is 385 g/mol. The van der Waals surface area contributed by atoms with E-state index in [0.29, 0.717) is 17.7 Å². The van der Waals surface area contributed by atoms with Crippen molar-refractivity contribution in [3.63, 3.8) is 0 Å². The Bertz CT molecular complexity index is 963. The van der Waals surface area contributed by atoms with E-state index in [9.17, 15) is 4.79 Å². The van der Waals surface area contributed by atoms with Crippen LogP contribution in [0.3, 0.4) is 0 Å². The molecule has 0 fully saturated rings. The zero-order chi connectivity index (χ0) is 19.4. The van der Waals surface area contributed by atoms with Crippen molar-refractivity contribution >= 4 is 23.0 Å². The van der Waals surface area contributed by atoms with Crippen LogP contribution in [-0.2, 0) is 6.54 Å². The molecule has 0 aromatic carbocycles. The maximum Gasteiger partial charge on any atom is 0.307 e. The van der Waals surface area contributed by atoms with Gasteiger partial charge in [0.15, 0.2) is 0 Å². The van der Waals surface area contributed by atoms with Gasteiger partial charge in [-0.2, -0.15) is 0 Å². The predicted molar refractivity (Wildman–Crippen MR) is 108 cm³/mol. The SMILES string of the molecule is COc1ccc(Nc2nccc(-c3sc(=O)n(CCC(C)C)c3C)n2)cn1. The number of methoxy groups -OCH3 is 1. The van der Waals surface area contributed by atoms with E-state index >= 15 is 0 Å². The lowest BCUT2D eigenvalue weighted by molar-refractivity contribution is 0.398. The highest BCUT2D eigenvalue weighted by atomic mass is 32.1. The van der Waals surface area contributed by atoms with E-state index in [1.165, 1.54) is 11.3 Å². The Morgan fingerprint density at radius 2 is 2.07 bits per heavy atom. The number of thiazole rings is 1. The summed E-state index contributed by atoms with van der Waals surface area (Å²) in [5.41, 5.74) is 2.44. The minimum Gasteiger partial charge on any atom is -0.481 e. The third kappa shape index (κ3) is 4.51. The van der Waals surface area contributed by atoms with Crippen LogP contribution in [0.5, 0.6) is 5.88 Å². The van der Waals surface area contributed by atoms with Crippen LogP contribution < -0.4 is 14.9 Å². The van der Waals surface area contributed by atoms with Crippen molar-refractivity contribution < 1.29 is 4.74 Å². The molecule has 0 spiro atoms. The molecule has 1 N–H and O–H groups in total. The first kappa shape index (κ1) is 19.0. The van der Waals surface area contributed by atoms with Crippen molar-refractivity contribution in [3.05, 3.63) is 46.0 Å². The summed E-state index contributed by atoms with van der Waals surface area (Å²) in [6, 6.07) is 5.42. The molecule has 0 saturated heterocycles. The van der Waals surface area contributed by atoms with Gasteiger partial charge in [-0.05, 0) is 31.4 Å². The zero-order valence-corrected chi connectivity index (χ0v) is 16.7. The highest BCUT2D eigenvalue weighted by Gasteiger charge is 2.15. The fourth-order valence-electron chi connectivity index (χ4n) is 2.61. The van der Waals surface area contributed by atoms with Gasteiger partial charge in [0, 0.05) is 24.5 Å². The number of hydrogen-bond acceptors (Lipinski definition) is 7. The Morgan fingerprint density at radius 3 is 2.74 bits per heavy atom.